The number of nitrogens with zero attached hydrogens (tertiary/aromatic N) is 2. The maximum absolute atomic E-state index is 6.04. The first-order chi connectivity index (χ1) is 9.69. The van der Waals surface area contributed by atoms with Gasteiger partial charge in [0.15, 0.2) is 0 Å². The van der Waals surface area contributed by atoms with Crippen LogP contribution in [-0.4, -0.2) is 48.6 Å². The topological polar surface area (TPSA) is 32.5 Å². The first-order valence-corrected chi connectivity index (χ1v) is 8.49. The van der Waals surface area contributed by atoms with Crippen LogP contribution in [0.1, 0.15) is 24.4 Å². The van der Waals surface area contributed by atoms with E-state index in [1.807, 2.05) is 12.1 Å². The van der Waals surface area contributed by atoms with Gasteiger partial charge in [0.2, 0.25) is 0 Å². The molecule has 1 atom stereocenters. The summed E-state index contributed by atoms with van der Waals surface area (Å²) in [5.74, 6) is 0. The van der Waals surface area contributed by atoms with E-state index < -0.39 is 0 Å². The van der Waals surface area contributed by atoms with Crippen LogP contribution in [0, 0.1) is 0 Å². The van der Waals surface area contributed by atoms with Crippen LogP contribution in [0.4, 0.5) is 0 Å². The van der Waals surface area contributed by atoms with Gasteiger partial charge in [0, 0.05) is 54.3 Å². The maximum atomic E-state index is 6.04. The molecule has 3 nitrogen and oxygen atoms in total. The van der Waals surface area contributed by atoms with Crippen molar-refractivity contribution >= 4 is 27.5 Å². The van der Waals surface area contributed by atoms with Crippen LogP contribution in [0.2, 0.25) is 5.02 Å². The molecule has 0 radical (unpaired) electrons. The fraction of sp³-hybridized carbons (Fsp3) is 0.600. The normalized spacial score (nSPS) is 22.9. The molecule has 1 aromatic carbocycles. The Labute approximate surface area is 134 Å². The Morgan fingerprint density at radius 1 is 1.25 bits per heavy atom. The lowest BCUT2D eigenvalue weighted by molar-refractivity contribution is 0.0936. The average Bonchev–Trinajstić information content (AvgIpc) is 3.27. The highest BCUT2D eigenvalue weighted by atomic mass is 79.9. The van der Waals surface area contributed by atoms with Crippen LogP contribution in [-0.2, 0) is 0 Å². The Kier molecular flexibility index (Phi) is 4.68. The smallest absolute Gasteiger partial charge is 0.0482 e. The molecule has 1 unspecified atom stereocenters. The van der Waals surface area contributed by atoms with Gasteiger partial charge in [-0.25, -0.2) is 0 Å². The van der Waals surface area contributed by atoms with Crippen molar-refractivity contribution in [2.75, 3.05) is 32.7 Å². The zero-order valence-electron chi connectivity index (χ0n) is 11.6. The van der Waals surface area contributed by atoms with Crippen molar-refractivity contribution in [1.29, 1.82) is 0 Å². The third kappa shape index (κ3) is 3.20. The van der Waals surface area contributed by atoms with Gasteiger partial charge >= 0.3 is 0 Å². The molecule has 5 heteroatoms. The molecule has 1 aliphatic heterocycles. The second-order valence-electron chi connectivity index (χ2n) is 5.72. The highest BCUT2D eigenvalue weighted by molar-refractivity contribution is 9.10. The summed E-state index contributed by atoms with van der Waals surface area (Å²) < 4.78 is 1.06. The number of halogens is 2. The van der Waals surface area contributed by atoms with E-state index in [1.165, 1.54) is 31.5 Å². The predicted octanol–water partition coefficient (Wildman–Crippen LogP) is 2.88. The summed E-state index contributed by atoms with van der Waals surface area (Å²) in [6, 6.07) is 7.15. The van der Waals surface area contributed by atoms with E-state index in [0.717, 1.165) is 28.6 Å². The van der Waals surface area contributed by atoms with Crippen molar-refractivity contribution < 1.29 is 0 Å². The first-order valence-electron chi connectivity index (χ1n) is 7.32. The first kappa shape index (κ1) is 14.8. The quantitative estimate of drug-likeness (QED) is 0.898. The Morgan fingerprint density at radius 3 is 2.50 bits per heavy atom. The van der Waals surface area contributed by atoms with Crippen molar-refractivity contribution in [2.45, 2.75) is 24.9 Å². The fourth-order valence-electron chi connectivity index (χ4n) is 3.10. The van der Waals surface area contributed by atoms with Crippen molar-refractivity contribution in [1.82, 2.24) is 9.80 Å². The van der Waals surface area contributed by atoms with Crippen LogP contribution >= 0.6 is 27.5 Å². The summed E-state index contributed by atoms with van der Waals surface area (Å²) >= 11 is 9.65. The molecule has 20 heavy (non-hydrogen) atoms. The molecule has 2 aliphatic rings. The average molecular weight is 359 g/mol. The Bertz CT molecular complexity index is 470. The number of hydrogen-bond acceptors (Lipinski definition) is 3. The summed E-state index contributed by atoms with van der Waals surface area (Å²) in [5, 5.41) is 0.759. The number of piperazine rings is 1. The van der Waals surface area contributed by atoms with Crippen molar-refractivity contribution in [2.24, 2.45) is 5.73 Å². The molecular weight excluding hydrogens is 338 g/mol. The molecule has 1 aromatic rings. The zero-order valence-corrected chi connectivity index (χ0v) is 13.9. The fourth-order valence-corrected chi connectivity index (χ4v) is 4.05. The maximum Gasteiger partial charge on any atom is 0.0482 e. The van der Waals surface area contributed by atoms with E-state index >= 15 is 0 Å². The summed E-state index contributed by atoms with van der Waals surface area (Å²) in [4.78, 5) is 5.13. The third-order valence-electron chi connectivity index (χ3n) is 4.40. The Hall–Kier alpha value is -0.130. The predicted molar refractivity (Wildman–Crippen MR) is 87.1 cm³/mol. The van der Waals surface area contributed by atoms with Crippen molar-refractivity contribution in [3.8, 4) is 0 Å². The minimum absolute atomic E-state index is 0.281. The number of hydrogen-bond donors (Lipinski definition) is 1. The molecule has 110 valence electrons. The highest BCUT2D eigenvalue weighted by Crippen LogP contribution is 2.32. The van der Waals surface area contributed by atoms with E-state index in [0.29, 0.717) is 6.54 Å². The number of nitrogens with two attached hydrogens (primary N) is 1. The van der Waals surface area contributed by atoms with Crippen LogP contribution in [0.3, 0.4) is 0 Å². The minimum atomic E-state index is 0.281. The van der Waals surface area contributed by atoms with Gasteiger partial charge in [0.1, 0.15) is 0 Å². The summed E-state index contributed by atoms with van der Waals surface area (Å²) in [6.45, 7) is 5.20. The van der Waals surface area contributed by atoms with Crippen LogP contribution in [0.5, 0.6) is 0 Å². The van der Waals surface area contributed by atoms with Crippen LogP contribution in [0.15, 0.2) is 22.7 Å². The molecule has 1 saturated carbocycles. The molecule has 0 bridgehead atoms. The summed E-state index contributed by atoms with van der Waals surface area (Å²) in [7, 11) is 0. The molecule has 1 aliphatic carbocycles. The van der Waals surface area contributed by atoms with Crippen molar-refractivity contribution in [3.63, 3.8) is 0 Å². The molecule has 0 amide bonds. The zero-order chi connectivity index (χ0) is 14.1. The van der Waals surface area contributed by atoms with E-state index in [4.69, 9.17) is 17.3 Å². The summed E-state index contributed by atoms with van der Waals surface area (Å²) in [6.07, 6.45) is 2.78. The van der Waals surface area contributed by atoms with E-state index in [-0.39, 0.29) is 6.04 Å². The van der Waals surface area contributed by atoms with Gasteiger partial charge in [0.05, 0.1) is 0 Å². The molecule has 0 spiro atoms. The van der Waals surface area contributed by atoms with E-state index in [2.05, 4.69) is 31.8 Å². The van der Waals surface area contributed by atoms with E-state index in [9.17, 15) is 0 Å². The van der Waals surface area contributed by atoms with Crippen LogP contribution in [0.25, 0.3) is 0 Å². The SMILES string of the molecule is NCC(c1ccc(Cl)cc1Br)N1CCN(C2CC2)CC1. The number of rotatable bonds is 4. The number of benzene rings is 1. The second-order valence-corrected chi connectivity index (χ2v) is 7.01. The van der Waals surface area contributed by atoms with Gasteiger partial charge in [0.25, 0.3) is 0 Å². The Balaban J connectivity index is 1.69. The minimum Gasteiger partial charge on any atom is -0.329 e. The van der Waals surface area contributed by atoms with Gasteiger partial charge in [-0.3, -0.25) is 9.80 Å². The van der Waals surface area contributed by atoms with Crippen LogP contribution < -0.4 is 5.73 Å². The molecule has 2 N–H and O–H groups in total. The lowest BCUT2D eigenvalue weighted by Crippen LogP contribution is -2.49. The van der Waals surface area contributed by atoms with Gasteiger partial charge in [-0.05, 0) is 30.5 Å². The molecular formula is C15H21BrClN3. The van der Waals surface area contributed by atoms with Gasteiger partial charge in [-0.1, -0.05) is 33.6 Å². The third-order valence-corrected chi connectivity index (χ3v) is 5.32. The van der Waals surface area contributed by atoms with Gasteiger partial charge < -0.3 is 5.73 Å². The van der Waals surface area contributed by atoms with Gasteiger partial charge in [-0.15, -0.1) is 0 Å². The lowest BCUT2D eigenvalue weighted by Gasteiger charge is -2.39. The monoisotopic (exact) mass is 357 g/mol. The lowest BCUT2D eigenvalue weighted by atomic mass is 10.0. The second kappa shape index (κ2) is 6.32. The molecule has 1 saturated heterocycles. The molecule has 2 fully saturated rings. The largest absolute Gasteiger partial charge is 0.329 e. The standard InChI is InChI=1S/C15H21BrClN3/c16-14-9-11(17)1-4-13(14)15(10-18)20-7-5-19(6-8-20)12-2-3-12/h1,4,9,12,15H,2-3,5-8,10,18H2. The molecule has 1 heterocycles. The van der Waals surface area contributed by atoms with E-state index in [1.54, 1.807) is 0 Å². The summed E-state index contributed by atoms with van der Waals surface area (Å²) in [5.41, 5.74) is 7.29. The molecule has 0 aromatic heterocycles. The Morgan fingerprint density at radius 2 is 1.95 bits per heavy atom. The molecule has 3 rings (SSSR count). The van der Waals surface area contributed by atoms with Gasteiger partial charge in [-0.2, -0.15) is 0 Å². The highest BCUT2D eigenvalue weighted by Gasteiger charge is 2.33. The van der Waals surface area contributed by atoms with Crippen molar-refractivity contribution in [3.05, 3.63) is 33.3 Å².